The molecule has 7 rings (SSSR count). The summed E-state index contributed by atoms with van der Waals surface area (Å²) >= 11 is 0. The number of amides is 2. The van der Waals surface area contributed by atoms with E-state index in [-0.39, 0.29) is 36.4 Å². The number of ether oxygens (including phenoxy) is 2. The Balaban J connectivity index is 1.35. The molecule has 0 spiro atoms. The quantitative estimate of drug-likeness (QED) is 0.343. The maximum Gasteiger partial charge on any atom is 0.345 e. The lowest BCUT2D eigenvalue weighted by Gasteiger charge is -2.38. The highest BCUT2D eigenvalue weighted by Gasteiger charge is 2.32. The topological polar surface area (TPSA) is 114 Å². The second-order valence-electron chi connectivity index (χ2n) is 11.5. The average Bonchev–Trinajstić information content (AvgIpc) is 3.01. The number of halogens is 1. The lowest BCUT2D eigenvalue weighted by molar-refractivity contribution is -0.133. The van der Waals surface area contributed by atoms with Crippen molar-refractivity contribution < 1.29 is 23.5 Å². The van der Waals surface area contributed by atoms with Crippen LogP contribution >= 0.6 is 0 Å². The van der Waals surface area contributed by atoms with Gasteiger partial charge in [0.25, 0.3) is 0 Å². The zero-order chi connectivity index (χ0) is 31.5. The van der Waals surface area contributed by atoms with Gasteiger partial charge in [-0.2, -0.15) is 4.98 Å². The van der Waals surface area contributed by atoms with Crippen molar-refractivity contribution in [2.24, 2.45) is 0 Å². The number of aromatic nitrogens is 2. The van der Waals surface area contributed by atoms with Gasteiger partial charge >= 0.3 is 5.69 Å². The molecule has 1 atom stereocenters. The Morgan fingerprint density at radius 1 is 1.07 bits per heavy atom. The first-order valence-electron chi connectivity index (χ1n) is 15.2. The Labute approximate surface area is 260 Å². The van der Waals surface area contributed by atoms with Crippen LogP contribution in [0.3, 0.4) is 0 Å². The second-order valence-corrected chi connectivity index (χ2v) is 11.5. The van der Waals surface area contributed by atoms with Crippen molar-refractivity contribution >= 4 is 11.8 Å². The number of nitrogens with zero attached hydrogens (tertiary/aromatic N) is 2. The molecule has 4 heterocycles. The summed E-state index contributed by atoms with van der Waals surface area (Å²) in [6.07, 6.45) is 2.00. The van der Waals surface area contributed by atoms with Crippen LogP contribution in [0.25, 0.3) is 0 Å². The Bertz CT molecular complexity index is 1790. The third kappa shape index (κ3) is 6.74. The van der Waals surface area contributed by atoms with Crippen LogP contribution in [0.15, 0.2) is 65.5 Å². The Morgan fingerprint density at radius 2 is 1.93 bits per heavy atom. The first-order chi connectivity index (χ1) is 21.7. The van der Waals surface area contributed by atoms with Crippen LogP contribution in [-0.4, -0.2) is 46.4 Å². The number of nitrogens with one attached hydrogen (secondary N) is 2. The van der Waals surface area contributed by atoms with Crippen molar-refractivity contribution in [2.45, 2.75) is 52.0 Å². The van der Waals surface area contributed by atoms with E-state index in [0.717, 1.165) is 27.9 Å². The van der Waals surface area contributed by atoms with Crippen LogP contribution in [0, 0.1) is 19.7 Å². The minimum absolute atomic E-state index is 0.0182. The molecule has 3 aromatic carbocycles. The third-order valence-corrected chi connectivity index (χ3v) is 8.38. The van der Waals surface area contributed by atoms with Gasteiger partial charge in [0, 0.05) is 30.9 Å². The van der Waals surface area contributed by atoms with Crippen LogP contribution in [-0.2, 0) is 28.9 Å². The van der Waals surface area contributed by atoms with Crippen molar-refractivity contribution in [2.75, 3.05) is 19.7 Å². The van der Waals surface area contributed by atoms with Gasteiger partial charge in [-0.1, -0.05) is 24.3 Å². The molecular formula is C35H35FN4O5. The predicted molar refractivity (Wildman–Crippen MR) is 166 cm³/mol. The average molecular weight is 611 g/mol. The molecule has 0 radical (unpaired) electrons. The summed E-state index contributed by atoms with van der Waals surface area (Å²) in [6, 6.07) is 17.4. The highest BCUT2D eigenvalue weighted by molar-refractivity contribution is 5.79. The molecule has 2 N–H and O–H groups in total. The van der Waals surface area contributed by atoms with E-state index in [1.54, 1.807) is 25.1 Å². The molecule has 0 fully saturated rings. The molecule has 3 aliphatic rings. The smallest absolute Gasteiger partial charge is 0.345 e. The van der Waals surface area contributed by atoms with E-state index in [2.05, 4.69) is 15.3 Å². The van der Waals surface area contributed by atoms with E-state index in [0.29, 0.717) is 61.7 Å². The standard InChI is InChI=1S/C35H35FN4O5/c1-21-28(22(2)39-35(43)38-21)10-12-33(42)40-15-13-24-19-27-8-9-29(24)34(40)25-5-3-6-26(20-25)44-16-4-14-37-32(41)18-23-7-11-30(36)31(17-23)45-27/h3,5-9,11,17,19-20,34H,4,10,12-16,18H2,1-2H3,(H,37,41)(H,38,39,43). The van der Waals surface area contributed by atoms with E-state index < -0.39 is 11.5 Å². The number of carbonyl (C=O) groups is 2. The summed E-state index contributed by atoms with van der Waals surface area (Å²) in [5.74, 6) is 0.489. The van der Waals surface area contributed by atoms with Gasteiger partial charge in [-0.15, -0.1) is 0 Å². The summed E-state index contributed by atoms with van der Waals surface area (Å²) in [5, 5.41) is 2.89. The van der Waals surface area contributed by atoms with E-state index in [1.807, 2.05) is 48.2 Å². The summed E-state index contributed by atoms with van der Waals surface area (Å²) in [4.78, 5) is 46.8. The van der Waals surface area contributed by atoms with Crippen molar-refractivity contribution in [1.29, 1.82) is 0 Å². The van der Waals surface area contributed by atoms with Gasteiger partial charge in [0.1, 0.15) is 11.5 Å². The maximum atomic E-state index is 14.8. The zero-order valence-electron chi connectivity index (χ0n) is 25.3. The van der Waals surface area contributed by atoms with Crippen molar-refractivity contribution in [3.63, 3.8) is 0 Å². The minimum Gasteiger partial charge on any atom is -0.494 e. The molecule has 1 aromatic heterocycles. The molecule has 232 valence electrons. The summed E-state index contributed by atoms with van der Waals surface area (Å²) in [7, 11) is 0. The van der Waals surface area contributed by atoms with Crippen LogP contribution in [0.5, 0.6) is 17.2 Å². The molecule has 8 bridgehead atoms. The number of benzene rings is 3. The van der Waals surface area contributed by atoms with Crippen LogP contribution in [0.2, 0.25) is 0 Å². The lowest BCUT2D eigenvalue weighted by Crippen LogP contribution is -2.40. The Morgan fingerprint density at radius 3 is 2.78 bits per heavy atom. The summed E-state index contributed by atoms with van der Waals surface area (Å²) in [6.45, 7) is 4.92. The fourth-order valence-corrected chi connectivity index (χ4v) is 6.17. The molecule has 0 saturated heterocycles. The van der Waals surface area contributed by atoms with Crippen molar-refractivity contribution in [3.05, 3.63) is 116 Å². The number of fused-ring (bicyclic) bond motifs is 7. The molecule has 3 aliphatic heterocycles. The molecule has 0 saturated carbocycles. The first kappa shape index (κ1) is 30.1. The van der Waals surface area contributed by atoms with Crippen LogP contribution < -0.4 is 20.5 Å². The summed E-state index contributed by atoms with van der Waals surface area (Å²) < 4.78 is 26.8. The molecule has 1 unspecified atom stereocenters. The van der Waals surface area contributed by atoms with E-state index in [4.69, 9.17) is 9.47 Å². The van der Waals surface area contributed by atoms with E-state index >= 15 is 0 Å². The minimum atomic E-state index is -0.519. The summed E-state index contributed by atoms with van der Waals surface area (Å²) in [5.41, 5.74) is 5.31. The van der Waals surface area contributed by atoms with Gasteiger partial charge in [0.05, 0.1) is 19.1 Å². The molecule has 2 amide bonds. The number of hydrogen-bond donors (Lipinski definition) is 2. The van der Waals surface area contributed by atoms with Gasteiger partial charge in [0.15, 0.2) is 11.6 Å². The predicted octanol–water partition coefficient (Wildman–Crippen LogP) is 4.87. The highest BCUT2D eigenvalue weighted by Crippen LogP contribution is 2.39. The fraction of sp³-hybridized carbons (Fsp3) is 0.314. The van der Waals surface area contributed by atoms with Gasteiger partial charge in [-0.3, -0.25) is 9.59 Å². The fourth-order valence-electron chi connectivity index (χ4n) is 6.17. The number of hydrogen-bond acceptors (Lipinski definition) is 6. The largest absolute Gasteiger partial charge is 0.494 e. The zero-order valence-corrected chi connectivity index (χ0v) is 25.3. The monoisotopic (exact) mass is 610 g/mol. The van der Waals surface area contributed by atoms with E-state index in [1.165, 1.54) is 6.07 Å². The Hall–Kier alpha value is -4.99. The molecule has 9 nitrogen and oxygen atoms in total. The number of rotatable bonds is 3. The van der Waals surface area contributed by atoms with Gasteiger partial charge < -0.3 is 24.7 Å². The molecule has 10 heteroatoms. The van der Waals surface area contributed by atoms with Gasteiger partial charge in [-0.25, -0.2) is 9.18 Å². The van der Waals surface area contributed by atoms with Crippen molar-refractivity contribution in [1.82, 2.24) is 20.2 Å². The molecular weight excluding hydrogens is 575 g/mol. The van der Waals surface area contributed by atoms with Crippen LogP contribution in [0.1, 0.15) is 58.1 Å². The Kier molecular flexibility index (Phi) is 8.64. The first-order valence-corrected chi connectivity index (χ1v) is 15.2. The molecule has 45 heavy (non-hydrogen) atoms. The molecule has 4 aromatic rings. The number of aryl methyl sites for hydroxylation is 2. The van der Waals surface area contributed by atoms with Gasteiger partial charge in [-0.05, 0) is 97.3 Å². The third-order valence-electron chi connectivity index (χ3n) is 8.38. The SMILES string of the molecule is Cc1nc(=O)[nH]c(C)c1CCC(=O)N1CCc2cc3ccc2C1c1cccc(c1)OCCCNC(=O)Cc1ccc(F)c(c1)O3. The molecule has 0 aliphatic carbocycles. The number of H-pyrrole nitrogens is 1. The number of aromatic amines is 1. The highest BCUT2D eigenvalue weighted by atomic mass is 19.1. The van der Waals surface area contributed by atoms with Gasteiger partial charge in [0.2, 0.25) is 11.8 Å². The normalized spacial score (nSPS) is 16.5. The maximum absolute atomic E-state index is 14.8. The van der Waals surface area contributed by atoms with Crippen LogP contribution in [0.4, 0.5) is 4.39 Å². The van der Waals surface area contributed by atoms with Crippen molar-refractivity contribution in [3.8, 4) is 17.2 Å². The lowest BCUT2D eigenvalue weighted by atomic mass is 9.87. The van der Waals surface area contributed by atoms with E-state index in [9.17, 15) is 18.8 Å². The second kappa shape index (κ2) is 12.9. The number of carbonyl (C=O) groups excluding carboxylic acids is 2.